The van der Waals surface area contributed by atoms with Crippen molar-refractivity contribution in [3.8, 4) is 5.75 Å². The number of hydrogen-bond acceptors (Lipinski definition) is 2. The van der Waals surface area contributed by atoms with E-state index in [0.717, 1.165) is 22.9 Å². The third kappa shape index (κ3) is 3.47. The van der Waals surface area contributed by atoms with Gasteiger partial charge in [0.15, 0.2) is 0 Å². The Kier molecular flexibility index (Phi) is 3.74. The van der Waals surface area contributed by atoms with Crippen LogP contribution in [-0.2, 0) is 12.6 Å². The maximum absolute atomic E-state index is 12.4. The molecular formula is C14H12F3NO. The summed E-state index contributed by atoms with van der Waals surface area (Å²) in [6.45, 7) is 0. The van der Waals surface area contributed by atoms with Gasteiger partial charge >= 0.3 is 6.18 Å². The Balaban J connectivity index is 2.10. The van der Waals surface area contributed by atoms with Gasteiger partial charge in [-0.25, -0.2) is 0 Å². The highest BCUT2D eigenvalue weighted by molar-refractivity contribution is 5.31. The summed E-state index contributed by atoms with van der Waals surface area (Å²) in [4.78, 5) is 3.43. The Morgan fingerprint density at radius 3 is 2.11 bits per heavy atom. The summed E-state index contributed by atoms with van der Waals surface area (Å²) in [7, 11) is 1.58. The molecule has 2 aromatic rings. The Labute approximate surface area is 108 Å². The van der Waals surface area contributed by atoms with Crippen LogP contribution in [0.2, 0.25) is 0 Å². The fourth-order valence-electron chi connectivity index (χ4n) is 1.68. The number of nitrogens with zero attached hydrogens (tertiary/aromatic N) is 1. The van der Waals surface area contributed by atoms with Crippen LogP contribution in [0, 0.1) is 0 Å². The quantitative estimate of drug-likeness (QED) is 0.846. The maximum Gasteiger partial charge on any atom is 0.433 e. The van der Waals surface area contributed by atoms with Gasteiger partial charge in [0.1, 0.15) is 11.4 Å². The first kappa shape index (κ1) is 13.4. The van der Waals surface area contributed by atoms with Gasteiger partial charge in [-0.15, -0.1) is 0 Å². The van der Waals surface area contributed by atoms with Crippen molar-refractivity contribution >= 4 is 0 Å². The van der Waals surface area contributed by atoms with E-state index in [2.05, 4.69) is 4.98 Å². The molecule has 0 saturated carbocycles. The molecule has 0 aliphatic rings. The molecule has 0 unspecified atom stereocenters. The van der Waals surface area contributed by atoms with Crippen molar-refractivity contribution in [3.63, 3.8) is 0 Å². The van der Waals surface area contributed by atoms with Crippen LogP contribution in [0.4, 0.5) is 13.2 Å². The molecule has 0 saturated heterocycles. The van der Waals surface area contributed by atoms with Crippen LogP contribution in [0.3, 0.4) is 0 Å². The summed E-state index contributed by atoms with van der Waals surface area (Å²) in [6, 6.07) is 9.81. The van der Waals surface area contributed by atoms with Gasteiger partial charge in [-0.05, 0) is 35.7 Å². The van der Waals surface area contributed by atoms with E-state index in [4.69, 9.17) is 4.74 Å². The molecule has 1 aromatic carbocycles. The Morgan fingerprint density at radius 1 is 1.00 bits per heavy atom. The van der Waals surface area contributed by atoms with Crippen molar-refractivity contribution in [1.82, 2.24) is 4.98 Å². The molecule has 19 heavy (non-hydrogen) atoms. The molecule has 100 valence electrons. The van der Waals surface area contributed by atoms with Crippen LogP contribution in [0.5, 0.6) is 5.75 Å². The second-order valence-corrected chi connectivity index (χ2v) is 4.07. The Bertz CT molecular complexity index is 532. The number of alkyl halides is 3. The molecule has 0 spiro atoms. The zero-order valence-electron chi connectivity index (χ0n) is 10.2. The SMILES string of the molecule is COc1ccc(Cc2ccc(C(F)(F)F)nc2)cc1. The van der Waals surface area contributed by atoms with Crippen LogP contribution in [0.25, 0.3) is 0 Å². The van der Waals surface area contributed by atoms with E-state index in [0.29, 0.717) is 6.42 Å². The van der Waals surface area contributed by atoms with Crippen LogP contribution < -0.4 is 4.74 Å². The number of benzene rings is 1. The summed E-state index contributed by atoms with van der Waals surface area (Å²) >= 11 is 0. The van der Waals surface area contributed by atoms with Crippen molar-refractivity contribution in [2.24, 2.45) is 0 Å². The lowest BCUT2D eigenvalue weighted by molar-refractivity contribution is -0.141. The van der Waals surface area contributed by atoms with E-state index in [1.807, 2.05) is 24.3 Å². The number of rotatable bonds is 3. The molecule has 0 bridgehead atoms. The fraction of sp³-hybridized carbons (Fsp3) is 0.214. The van der Waals surface area contributed by atoms with Crippen molar-refractivity contribution in [2.75, 3.05) is 7.11 Å². The van der Waals surface area contributed by atoms with Crippen molar-refractivity contribution in [2.45, 2.75) is 12.6 Å². The number of ether oxygens (including phenoxy) is 1. The molecular weight excluding hydrogens is 255 g/mol. The van der Waals surface area contributed by atoms with Crippen molar-refractivity contribution in [3.05, 3.63) is 59.4 Å². The molecule has 0 N–H and O–H groups in total. The lowest BCUT2D eigenvalue weighted by Gasteiger charge is -2.07. The lowest BCUT2D eigenvalue weighted by Crippen LogP contribution is -2.07. The predicted molar refractivity (Wildman–Crippen MR) is 65.0 cm³/mol. The standard InChI is InChI=1S/C14H12F3NO/c1-19-12-5-2-10(3-6-12)8-11-4-7-13(18-9-11)14(15,16)17/h2-7,9H,8H2,1H3. The number of halogens is 3. The Morgan fingerprint density at radius 2 is 1.63 bits per heavy atom. The first-order chi connectivity index (χ1) is 8.99. The summed E-state index contributed by atoms with van der Waals surface area (Å²) in [5.41, 5.74) is 0.853. The van der Waals surface area contributed by atoms with Gasteiger partial charge in [-0.2, -0.15) is 13.2 Å². The molecule has 2 nitrogen and oxygen atoms in total. The zero-order chi connectivity index (χ0) is 13.9. The van der Waals surface area contributed by atoms with Gasteiger partial charge in [-0.3, -0.25) is 4.98 Å². The Hall–Kier alpha value is -2.04. The van der Waals surface area contributed by atoms with Gasteiger partial charge < -0.3 is 4.74 Å². The summed E-state index contributed by atoms with van der Waals surface area (Å²) < 4.78 is 42.1. The third-order valence-electron chi connectivity index (χ3n) is 2.68. The second kappa shape index (κ2) is 5.30. The van der Waals surface area contributed by atoms with Crippen LogP contribution in [0.1, 0.15) is 16.8 Å². The van der Waals surface area contributed by atoms with E-state index in [1.165, 1.54) is 12.3 Å². The van der Waals surface area contributed by atoms with E-state index < -0.39 is 11.9 Å². The molecule has 0 aliphatic carbocycles. The second-order valence-electron chi connectivity index (χ2n) is 4.07. The van der Waals surface area contributed by atoms with Gasteiger partial charge in [-0.1, -0.05) is 18.2 Å². The van der Waals surface area contributed by atoms with Gasteiger partial charge in [0.05, 0.1) is 7.11 Å². The van der Waals surface area contributed by atoms with Gasteiger partial charge in [0.2, 0.25) is 0 Å². The molecule has 0 amide bonds. The summed E-state index contributed by atoms with van der Waals surface area (Å²) in [5.74, 6) is 0.745. The van der Waals surface area contributed by atoms with E-state index >= 15 is 0 Å². The van der Waals surface area contributed by atoms with E-state index in [-0.39, 0.29) is 0 Å². The van der Waals surface area contributed by atoms with Crippen LogP contribution in [0.15, 0.2) is 42.6 Å². The van der Waals surface area contributed by atoms with E-state index in [9.17, 15) is 13.2 Å². The number of methoxy groups -OCH3 is 1. The van der Waals surface area contributed by atoms with Crippen LogP contribution in [-0.4, -0.2) is 12.1 Å². The highest BCUT2D eigenvalue weighted by Crippen LogP contribution is 2.27. The van der Waals surface area contributed by atoms with E-state index in [1.54, 1.807) is 7.11 Å². The number of pyridine rings is 1. The predicted octanol–water partition coefficient (Wildman–Crippen LogP) is 3.70. The zero-order valence-corrected chi connectivity index (χ0v) is 10.2. The first-order valence-corrected chi connectivity index (χ1v) is 5.64. The van der Waals surface area contributed by atoms with Crippen LogP contribution >= 0.6 is 0 Å². The minimum atomic E-state index is -4.39. The summed E-state index contributed by atoms with van der Waals surface area (Å²) in [5, 5.41) is 0. The average molecular weight is 267 g/mol. The van der Waals surface area contributed by atoms with Crippen molar-refractivity contribution < 1.29 is 17.9 Å². The molecule has 2 rings (SSSR count). The monoisotopic (exact) mass is 267 g/mol. The maximum atomic E-state index is 12.4. The minimum Gasteiger partial charge on any atom is -0.497 e. The largest absolute Gasteiger partial charge is 0.497 e. The van der Waals surface area contributed by atoms with Gasteiger partial charge in [0, 0.05) is 6.20 Å². The average Bonchev–Trinajstić information content (AvgIpc) is 2.39. The molecule has 5 heteroatoms. The first-order valence-electron chi connectivity index (χ1n) is 5.64. The molecule has 0 aliphatic heterocycles. The fourth-order valence-corrected chi connectivity index (χ4v) is 1.68. The minimum absolute atomic E-state index is 0.537. The molecule has 1 aromatic heterocycles. The van der Waals surface area contributed by atoms with Gasteiger partial charge in [0.25, 0.3) is 0 Å². The third-order valence-corrected chi connectivity index (χ3v) is 2.68. The number of aromatic nitrogens is 1. The molecule has 0 atom stereocenters. The molecule has 0 radical (unpaired) electrons. The summed E-state index contributed by atoms with van der Waals surface area (Å²) in [6.07, 6.45) is -2.60. The smallest absolute Gasteiger partial charge is 0.433 e. The lowest BCUT2D eigenvalue weighted by atomic mass is 10.1. The van der Waals surface area contributed by atoms with Crippen molar-refractivity contribution in [1.29, 1.82) is 0 Å². The highest BCUT2D eigenvalue weighted by Gasteiger charge is 2.31. The normalized spacial score (nSPS) is 11.4. The molecule has 1 heterocycles. The number of hydrogen-bond donors (Lipinski definition) is 0. The topological polar surface area (TPSA) is 22.1 Å². The highest BCUT2D eigenvalue weighted by atomic mass is 19.4. The molecule has 0 fully saturated rings.